The van der Waals surface area contributed by atoms with Crippen molar-refractivity contribution in [2.75, 3.05) is 36.4 Å². The first-order valence-electron chi connectivity index (χ1n) is 12.4. The van der Waals surface area contributed by atoms with Crippen molar-refractivity contribution in [1.82, 2.24) is 24.8 Å². The third kappa shape index (κ3) is 6.20. The molecule has 0 aromatic carbocycles. The molecule has 0 bridgehead atoms. The van der Waals surface area contributed by atoms with Crippen LogP contribution in [-0.2, 0) is 6.18 Å². The Labute approximate surface area is 231 Å². The quantitative estimate of drug-likeness (QED) is 0.394. The van der Waals surface area contributed by atoms with E-state index in [1.165, 1.54) is 25.4 Å². The van der Waals surface area contributed by atoms with Crippen LogP contribution in [0.15, 0.2) is 30.9 Å². The predicted molar refractivity (Wildman–Crippen MR) is 141 cm³/mol. The van der Waals surface area contributed by atoms with Gasteiger partial charge in [0.15, 0.2) is 5.78 Å². The Bertz CT molecular complexity index is 1390. The molecule has 2 atom stereocenters. The molecule has 2 aliphatic heterocycles. The van der Waals surface area contributed by atoms with Gasteiger partial charge in [-0.1, -0.05) is 18.5 Å². The molecule has 2 fully saturated rings. The second-order valence-corrected chi connectivity index (χ2v) is 11.1. The monoisotopic (exact) mass is 579 g/mol. The van der Waals surface area contributed by atoms with Crippen LogP contribution in [-0.4, -0.2) is 68.7 Å². The molecule has 0 radical (unpaired) electrons. The van der Waals surface area contributed by atoms with Crippen molar-refractivity contribution in [3.8, 4) is 0 Å². The number of hydrogen-bond acceptors (Lipinski definition) is 9. The Balaban J connectivity index is 1.21. The topological polar surface area (TPSA) is 104 Å². The van der Waals surface area contributed by atoms with Crippen LogP contribution < -0.4 is 10.2 Å². The molecular weight excluding hydrogens is 555 g/mol. The zero-order valence-electron chi connectivity index (χ0n) is 20.9. The number of nitrogens with one attached hydrogen (secondary N) is 1. The number of carbonyl (C=O) groups excluding carboxylic acids is 2. The number of anilines is 2. The summed E-state index contributed by atoms with van der Waals surface area (Å²) in [5.41, 5.74) is -0.773. The molecule has 0 saturated carbocycles. The van der Waals surface area contributed by atoms with Gasteiger partial charge in [0, 0.05) is 50.3 Å². The lowest BCUT2D eigenvalue weighted by atomic mass is 10.0. The van der Waals surface area contributed by atoms with Crippen LogP contribution >= 0.6 is 22.9 Å². The molecule has 39 heavy (non-hydrogen) atoms. The number of hydrogen-bond donors (Lipinski definition) is 1. The van der Waals surface area contributed by atoms with Crippen LogP contribution in [0.2, 0.25) is 5.02 Å². The molecule has 2 unspecified atom stereocenters. The first-order valence-corrected chi connectivity index (χ1v) is 13.6. The molecule has 9 nitrogen and oxygen atoms in total. The van der Waals surface area contributed by atoms with Crippen LogP contribution in [0.3, 0.4) is 0 Å². The predicted octanol–water partition coefficient (Wildman–Crippen LogP) is 4.91. The summed E-state index contributed by atoms with van der Waals surface area (Å²) in [7, 11) is 0. The van der Waals surface area contributed by atoms with Gasteiger partial charge in [0.05, 0.1) is 21.8 Å². The van der Waals surface area contributed by atoms with Gasteiger partial charge in [0.25, 0.3) is 5.91 Å². The summed E-state index contributed by atoms with van der Waals surface area (Å²) in [6, 6.07) is 2.92. The zero-order chi connectivity index (χ0) is 27.7. The lowest BCUT2D eigenvalue weighted by Gasteiger charge is -2.38. The smallest absolute Gasteiger partial charge is 0.354 e. The minimum absolute atomic E-state index is 0.120. The van der Waals surface area contributed by atoms with Crippen molar-refractivity contribution in [2.24, 2.45) is 0 Å². The van der Waals surface area contributed by atoms with Crippen molar-refractivity contribution in [3.05, 3.63) is 57.0 Å². The molecule has 2 aliphatic rings. The summed E-state index contributed by atoms with van der Waals surface area (Å²) < 4.78 is 39.3. The van der Waals surface area contributed by atoms with Gasteiger partial charge in [-0.15, -0.1) is 11.3 Å². The fourth-order valence-corrected chi connectivity index (χ4v) is 5.94. The van der Waals surface area contributed by atoms with E-state index in [4.69, 9.17) is 11.6 Å². The minimum atomic E-state index is -4.69. The molecule has 1 amide bonds. The van der Waals surface area contributed by atoms with Gasteiger partial charge in [-0.25, -0.2) is 19.9 Å². The van der Waals surface area contributed by atoms with Crippen molar-refractivity contribution in [1.29, 1.82) is 0 Å². The fourth-order valence-electron chi connectivity index (χ4n) is 4.86. The van der Waals surface area contributed by atoms with E-state index in [9.17, 15) is 22.8 Å². The Kier molecular flexibility index (Phi) is 7.83. The number of nitrogens with zero attached hydrogens (tertiary/aromatic N) is 6. The Hall–Kier alpha value is -3.16. The van der Waals surface area contributed by atoms with E-state index in [-0.39, 0.29) is 28.8 Å². The number of fused-ring (bicyclic) bond motifs is 1. The van der Waals surface area contributed by atoms with E-state index < -0.39 is 22.7 Å². The minimum Gasteiger partial charge on any atom is -0.354 e. The summed E-state index contributed by atoms with van der Waals surface area (Å²) in [5, 5.41) is 2.32. The van der Waals surface area contributed by atoms with Crippen LogP contribution in [0.4, 0.5) is 24.8 Å². The number of thiazole rings is 1. The van der Waals surface area contributed by atoms with Crippen molar-refractivity contribution in [2.45, 2.75) is 44.3 Å². The average Bonchev–Trinajstić information content (AvgIpc) is 3.59. The Morgan fingerprint density at radius 1 is 1.15 bits per heavy atom. The summed E-state index contributed by atoms with van der Waals surface area (Å²) in [4.78, 5) is 47.1. The largest absolute Gasteiger partial charge is 0.418 e. The average molecular weight is 580 g/mol. The highest BCUT2D eigenvalue weighted by Gasteiger charge is 2.34. The third-order valence-corrected chi connectivity index (χ3v) is 8.44. The SMILES string of the molecule is CC(CC(=O)c1cc(N2CCN3CCCC3C2)ncn1)c1ncc(C(=O)Nc2cc(C(F)(F)F)c(Cl)cn2)s1. The number of alkyl halides is 3. The normalized spacial score (nSPS) is 18.6. The lowest BCUT2D eigenvalue weighted by Crippen LogP contribution is -2.50. The number of pyridine rings is 1. The molecule has 0 spiro atoms. The molecule has 3 aromatic heterocycles. The number of amides is 1. The van der Waals surface area contributed by atoms with Crippen LogP contribution in [0.5, 0.6) is 0 Å². The van der Waals surface area contributed by atoms with Gasteiger partial charge in [0.2, 0.25) is 0 Å². The maximum atomic E-state index is 13.1. The molecule has 1 N–H and O–H groups in total. The van der Waals surface area contributed by atoms with E-state index in [1.807, 2.05) is 6.92 Å². The molecule has 5 heterocycles. The molecule has 5 rings (SSSR count). The van der Waals surface area contributed by atoms with E-state index >= 15 is 0 Å². The lowest BCUT2D eigenvalue weighted by molar-refractivity contribution is -0.137. The highest BCUT2D eigenvalue weighted by atomic mass is 35.5. The summed E-state index contributed by atoms with van der Waals surface area (Å²) >= 11 is 6.64. The standard InChI is InChI=1S/C25H25ClF3N7O2S/c1-14(7-19(37)18-9-22(33-13-32-18)36-6-5-35-4-2-3-15(35)12-36)24-31-11-20(39-24)23(38)34-21-8-16(25(27,28)29)17(26)10-30-21/h8-11,13-15H,2-7,12H2,1H3,(H,30,34,38). The molecule has 2 saturated heterocycles. The number of ketones is 1. The summed E-state index contributed by atoms with van der Waals surface area (Å²) in [6.45, 7) is 5.67. The maximum absolute atomic E-state index is 13.1. The number of piperazine rings is 1. The van der Waals surface area contributed by atoms with E-state index in [0.717, 1.165) is 49.5 Å². The number of Topliss-reactive ketones (excluding diaryl/α,β-unsaturated/α-hetero) is 1. The fraction of sp³-hybridized carbons (Fsp3) is 0.440. The first kappa shape index (κ1) is 27.4. The van der Waals surface area contributed by atoms with E-state index in [1.54, 1.807) is 6.07 Å². The van der Waals surface area contributed by atoms with Crippen LogP contribution in [0.1, 0.15) is 62.8 Å². The van der Waals surface area contributed by atoms with Gasteiger partial charge in [-0.3, -0.25) is 14.5 Å². The van der Waals surface area contributed by atoms with Crippen molar-refractivity contribution < 1.29 is 22.8 Å². The number of rotatable bonds is 7. The molecule has 206 valence electrons. The highest BCUT2D eigenvalue weighted by Crippen LogP contribution is 2.35. The number of halogens is 4. The maximum Gasteiger partial charge on any atom is 0.418 e. The Morgan fingerprint density at radius 2 is 1.97 bits per heavy atom. The first-order chi connectivity index (χ1) is 18.6. The molecule has 3 aromatic rings. The second-order valence-electron chi connectivity index (χ2n) is 9.63. The van der Waals surface area contributed by atoms with Gasteiger partial charge in [-0.2, -0.15) is 13.2 Å². The number of aromatic nitrogens is 4. The van der Waals surface area contributed by atoms with Gasteiger partial charge >= 0.3 is 6.18 Å². The third-order valence-electron chi connectivity index (χ3n) is 6.91. The van der Waals surface area contributed by atoms with Crippen LogP contribution in [0.25, 0.3) is 0 Å². The van der Waals surface area contributed by atoms with E-state index in [2.05, 4.69) is 35.1 Å². The number of carbonyl (C=O) groups is 2. The zero-order valence-corrected chi connectivity index (χ0v) is 22.5. The second kappa shape index (κ2) is 11.1. The van der Waals surface area contributed by atoms with E-state index in [0.29, 0.717) is 22.8 Å². The Morgan fingerprint density at radius 3 is 2.77 bits per heavy atom. The summed E-state index contributed by atoms with van der Waals surface area (Å²) in [5.74, 6) is -0.691. The molecule has 0 aliphatic carbocycles. The van der Waals surface area contributed by atoms with Gasteiger partial charge < -0.3 is 10.2 Å². The molecule has 14 heteroatoms. The van der Waals surface area contributed by atoms with Gasteiger partial charge in [0.1, 0.15) is 28.5 Å². The van der Waals surface area contributed by atoms with Crippen molar-refractivity contribution >= 4 is 46.3 Å². The summed E-state index contributed by atoms with van der Waals surface area (Å²) in [6.07, 6.45) is 1.38. The van der Waals surface area contributed by atoms with Gasteiger partial charge in [-0.05, 0) is 25.5 Å². The highest BCUT2D eigenvalue weighted by molar-refractivity contribution is 7.13. The molecular formula is C25H25ClF3N7O2S. The van der Waals surface area contributed by atoms with Crippen molar-refractivity contribution in [3.63, 3.8) is 0 Å². The van der Waals surface area contributed by atoms with Crippen LogP contribution in [0, 0.1) is 0 Å².